The van der Waals surface area contributed by atoms with Gasteiger partial charge in [0.1, 0.15) is 25.1 Å². The van der Waals surface area contributed by atoms with Gasteiger partial charge >= 0.3 is 5.97 Å². The first-order valence-electron chi connectivity index (χ1n) is 10.4. The third-order valence-electron chi connectivity index (χ3n) is 8.67. The molecule has 0 amide bonds. The summed E-state index contributed by atoms with van der Waals surface area (Å²) in [5.74, 6) is -5.95. The van der Waals surface area contributed by atoms with Gasteiger partial charge in [0.25, 0.3) is 5.69 Å². The average Bonchev–Trinajstić information content (AvgIpc) is 3.17. The topological polar surface area (TPSA) is 80.4 Å². The molecule has 0 saturated heterocycles. The number of carbonyl (C=O) groups is 1. The Morgan fingerprint density at radius 2 is 1.05 bits per heavy atom. The molecule has 0 heterocycles. The van der Waals surface area contributed by atoms with E-state index in [0.717, 1.165) is 12.1 Å². The Morgan fingerprint density at radius 1 is 0.711 bits per heavy atom. The van der Waals surface area contributed by atoms with Crippen LogP contribution < -0.4 is 0 Å². The van der Waals surface area contributed by atoms with Crippen LogP contribution in [-0.4, -0.2) is 44.2 Å². The van der Waals surface area contributed by atoms with Gasteiger partial charge in [0.15, 0.2) is 8.67 Å². The van der Waals surface area contributed by atoms with E-state index < -0.39 is 74.0 Å². The third-order valence-corrected chi connectivity index (χ3v) is 17.2. The van der Waals surface area contributed by atoms with E-state index >= 15 is 0 Å². The van der Waals surface area contributed by atoms with Crippen LogP contribution in [-0.2, 0) is 0 Å². The fourth-order valence-corrected chi connectivity index (χ4v) is 13.3. The lowest BCUT2D eigenvalue weighted by atomic mass is 9.57. The van der Waals surface area contributed by atoms with Crippen molar-refractivity contribution in [2.75, 3.05) is 0 Å². The number of rotatable bonds is 2. The minimum Gasteiger partial charge on any atom is -0.477 e. The van der Waals surface area contributed by atoms with Crippen molar-refractivity contribution in [2.24, 2.45) is 11.8 Å². The highest BCUT2D eigenvalue weighted by Gasteiger charge is 2.91. The summed E-state index contributed by atoms with van der Waals surface area (Å²) >= 11 is 82.8. The first kappa shape index (κ1) is 29.1. The summed E-state index contributed by atoms with van der Waals surface area (Å²) in [7, 11) is 0. The van der Waals surface area contributed by atoms with Gasteiger partial charge in [0, 0.05) is 29.7 Å². The van der Waals surface area contributed by atoms with E-state index in [4.69, 9.17) is 139 Å². The first-order valence-corrected chi connectivity index (χ1v) is 15.0. The lowest BCUT2D eigenvalue weighted by Gasteiger charge is -2.52. The number of carboxylic acid groups (broad SMARTS) is 1. The van der Waals surface area contributed by atoms with Crippen LogP contribution in [0.25, 0.3) is 0 Å². The minimum absolute atomic E-state index is 0.135. The third kappa shape index (κ3) is 2.56. The molecule has 8 atom stereocenters. The van der Waals surface area contributed by atoms with Crippen LogP contribution in [0.4, 0.5) is 5.69 Å². The Bertz CT molecular complexity index is 1380. The summed E-state index contributed by atoms with van der Waals surface area (Å²) in [5, 5.41) is 21.1. The zero-order chi connectivity index (χ0) is 28.5. The molecule has 0 unspecified atom stereocenters. The molecule has 0 aromatic heterocycles. The molecule has 1 N–H and O–H groups in total. The molecule has 5 aliphatic carbocycles. The highest BCUT2D eigenvalue weighted by Crippen LogP contribution is 2.88. The number of fused-ring (bicyclic) bond motifs is 14. The van der Waals surface area contributed by atoms with Crippen molar-refractivity contribution >= 4 is 151 Å². The van der Waals surface area contributed by atoms with Gasteiger partial charge in [-0.25, -0.2) is 4.79 Å². The number of hydrogen-bond acceptors (Lipinski definition) is 3. The summed E-state index contributed by atoms with van der Waals surface area (Å²) in [5.41, 5.74) is -1.09. The highest BCUT2D eigenvalue weighted by molar-refractivity contribution is 6.67. The number of allylic oxidation sites excluding steroid dienone is 4. The van der Waals surface area contributed by atoms with E-state index in [1.165, 1.54) is 0 Å². The molecule has 2 saturated carbocycles. The Morgan fingerprint density at radius 3 is 1.39 bits per heavy atom. The predicted molar refractivity (Wildman–Crippen MR) is 153 cm³/mol. The number of halogens is 12. The molecule has 5 aliphatic rings. The molecule has 38 heavy (non-hydrogen) atoms. The molecule has 204 valence electrons. The van der Waals surface area contributed by atoms with E-state index in [1.54, 1.807) is 0 Å². The van der Waals surface area contributed by atoms with Gasteiger partial charge in [-0.15, -0.1) is 46.4 Å². The quantitative estimate of drug-likeness (QED) is 0.185. The zero-order valence-corrected chi connectivity index (χ0v) is 26.7. The van der Waals surface area contributed by atoms with Crippen molar-refractivity contribution in [3.8, 4) is 0 Å². The highest BCUT2D eigenvalue weighted by atomic mass is 35.5. The number of aromatic carboxylic acids is 1. The van der Waals surface area contributed by atoms with Crippen LogP contribution in [0.2, 0.25) is 0 Å². The van der Waals surface area contributed by atoms with Gasteiger partial charge in [-0.2, -0.15) is 0 Å². The maximum absolute atomic E-state index is 12.1. The van der Waals surface area contributed by atoms with Crippen molar-refractivity contribution in [1.82, 2.24) is 0 Å². The number of nitro benzene ring substituents is 1. The second-order valence-corrected chi connectivity index (χ2v) is 16.4. The largest absolute Gasteiger partial charge is 0.477 e. The molecule has 0 aliphatic heterocycles. The molecule has 5 nitrogen and oxygen atoms in total. The van der Waals surface area contributed by atoms with Crippen LogP contribution >= 0.6 is 139 Å². The lowest BCUT2D eigenvalue weighted by Crippen LogP contribution is -2.53. The molecular weight excluding hydrogens is 756 g/mol. The number of benzene rings is 1. The number of hydrogen-bond donors (Lipinski definition) is 1. The summed E-state index contributed by atoms with van der Waals surface area (Å²) in [4.78, 5) is 15.5. The molecule has 0 spiro atoms. The van der Waals surface area contributed by atoms with E-state index in [1.807, 2.05) is 0 Å². The van der Waals surface area contributed by atoms with Crippen LogP contribution in [0.1, 0.15) is 33.3 Å². The molecule has 1 aromatic carbocycles. The van der Waals surface area contributed by atoms with Gasteiger partial charge < -0.3 is 5.11 Å². The Hall–Kier alpha value is 1.05. The van der Waals surface area contributed by atoms with Crippen molar-refractivity contribution in [2.45, 2.75) is 40.0 Å². The number of carboxylic acids is 1. The lowest BCUT2D eigenvalue weighted by molar-refractivity contribution is -0.385. The van der Waals surface area contributed by atoms with Crippen LogP contribution in [0.3, 0.4) is 0 Å². The molecule has 2 fully saturated rings. The minimum atomic E-state index is -2.12. The monoisotopic (exact) mass is 757 g/mol. The van der Waals surface area contributed by atoms with Crippen molar-refractivity contribution in [3.05, 3.63) is 59.1 Å². The van der Waals surface area contributed by atoms with E-state index in [-0.39, 0.29) is 31.3 Å². The molecular formula is C21H7Cl12NO4. The van der Waals surface area contributed by atoms with Gasteiger partial charge in [-0.3, -0.25) is 10.1 Å². The van der Waals surface area contributed by atoms with Crippen molar-refractivity contribution < 1.29 is 14.8 Å². The second-order valence-electron chi connectivity index (χ2n) is 9.82. The fourth-order valence-electron chi connectivity index (χ4n) is 7.26. The molecule has 0 radical (unpaired) electrons. The number of alkyl halides is 8. The smallest absolute Gasteiger partial charge is 0.342 e. The summed E-state index contributed by atoms with van der Waals surface area (Å²) < 4.78 is -4.23. The van der Waals surface area contributed by atoms with Crippen LogP contribution in [0.15, 0.2) is 32.3 Å². The van der Waals surface area contributed by atoms with Crippen LogP contribution in [0.5, 0.6) is 0 Å². The second kappa shape index (κ2) is 7.95. The molecule has 4 bridgehead atoms. The standard InChI is InChI=1S/C21H7Cl12NO4/c22-11-13(24)18(28)9-7(16(11,26)20(18,30)31)3-1-5(15(35)36)6(34(37)38)2-4(3)8-10(9)19(29)14(25)12(23)17(8,27)21(19,32)33/h1-2,7-10H,(H,35,36)/t7-,8-,9+,10-,16-,17-,18-,19-/m1/s1. The molecule has 17 heteroatoms. The number of nitrogens with zero attached hydrogens (tertiary/aromatic N) is 1. The maximum Gasteiger partial charge on any atom is 0.342 e. The van der Waals surface area contributed by atoms with Gasteiger partial charge in [-0.1, -0.05) is 92.8 Å². The SMILES string of the molecule is O=C(O)c1cc2c(cc1[N+](=O)[O-])[C@@H]1[C@H]([C@@H]3[C@@H]2[C@@]2(Cl)C(Cl)=C(Cl)[C@@]3(Cl)C2(Cl)Cl)[C@@]2(Cl)C(Cl)=C(Cl)[C@@]1(Cl)C2(Cl)Cl. The predicted octanol–water partition coefficient (Wildman–Crippen LogP) is 9.40. The van der Waals surface area contributed by atoms with Gasteiger partial charge in [0.05, 0.1) is 25.1 Å². The summed E-state index contributed by atoms with van der Waals surface area (Å²) in [6, 6.07) is 2.14. The fraction of sp³-hybridized carbons (Fsp3) is 0.476. The van der Waals surface area contributed by atoms with Gasteiger partial charge in [-0.05, 0) is 17.2 Å². The van der Waals surface area contributed by atoms with Gasteiger partial charge in [0.2, 0.25) is 0 Å². The summed E-state index contributed by atoms with van der Waals surface area (Å²) in [6.45, 7) is 0. The maximum atomic E-state index is 12.1. The zero-order valence-electron chi connectivity index (χ0n) is 17.6. The summed E-state index contributed by atoms with van der Waals surface area (Å²) in [6.07, 6.45) is 0. The molecule has 6 rings (SSSR count). The van der Waals surface area contributed by atoms with E-state index in [2.05, 4.69) is 0 Å². The Kier molecular flexibility index (Phi) is 6.10. The normalized spacial score (nSPS) is 44.8. The number of nitro groups is 1. The van der Waals surface area contributed by atoms with Crippen molar-refractivity contribution in [3.63, 3.8) is 0 Å². The first-order chi connectivity index (χ1) is 17.2. The Balaban J connectivity index is 1.82. The Labute approximate surface area is 274 Å². The van der Waals surface area contributed by atoms with E-state index in [0.29, 0.717) is 0 Å². The van der Waals surface area contributed by atoms with Crippen LogP contribution in [0, 0.1) is 22.0 Å². The molecule has 1 aromatic rings. The van der Waals surface area contributed by atoms with E-state index in [9.17, 15) is 20.0 Å². The average molecular weight is 763 g/mol. The van der Waals surface area contributed by atoms with Crippen molar-refractivity contribution in [1.29, 1.82) is 0 Å².